The SMILES string of the molecule is CC(C)c1cc(C(=O)c2ccc(F)c(F)c2)cc(C(C)C)c1O. The third kappa shape index (κ3) is 3.41. The van der Waals surface area contributed by atoms with Gasteiger partial charge in [-0.15, -0.1) is 0 Å². The molecule has 2 aromatic carbocycles. The number of carbonyl (C=O) groups excluding carboxylic acids is 1. The summed E-state index contributed by atoms with van der Waals surface area (Å²) in [6.07, 6.45) is 0. The average molecular weight is 318 g/mol. The van der Waals surface area contributed by atoms with Gasteiger partial charge in [0.05, 0.1) is 0 Å². The molecule has 4 heteroatoms. The number of halogens is 2. The quantitative estimate of drug-likeness (QED) is 0.792. The van der Waals surface area contributed by atoms with Crippen molar-refractivity contribution >= 4 is 5.78 Å². The van der Waals surface area contributed by atoms with Crippen molar-refractivity contribution in [2.45, 2.75) is 39.5 Å². The summed E-state index contributed by atoms with van der Waals surface area (Å²) in [4.78, 5) is 12.6. The number of aromatic hydroxyl groups is 1. The van der Waals surface area contributed by atoms with Crippen molar-refractivity contribution < 1.29 is 18.7 Å². The van der Waals surface area contributed by atoms with Crippen molar-refractivity contribution in [3.05, 3.63) is 64.2 Å². The van der Waals surface area contributed by atoms with Crippen LogP contribution in [-0.4, -0.2) is 10.9 Å². The molecule has 0 aromatic heterocycles. The van der Waals surface area contributed by atoms with Gasteiger partial charge in [-0.1, -0.05) is 27.7 Å². The van der Waals surface area contributed by atoms with E-state index in [4.69, 9.17) is 0 Å². The monoisotopic (exact) mass is 318 g/mol. The van der Waals surface area contributed by atoms with Gasteiger partial charge in [0.25, 0.3) is 0 Å². The van der Waals surface area contributed by atoms with Crippen molar-refractivity contribution in [1.82, 2.24) is 0 Å². The second kappa shape index (κ2) is 6.49. The number of ketones is 1. The lowest BCUT2D eigenvalue weighted by Gasteiger charge is -2.17. The van der Waals surface area contributed by atoms with Gasteiger partial charge >= 0.3 is 0 Å². The number of rotatable bonds is 4. The van der Waals surface area contributed by atoms with Gasteiger partial charge in [-0.25, -0.2) is 8.78 Å². The lowest BCUT2D eigenvalue weighted by Crippen LogP contribution is -2.06. The maximum Gasteiger partial charge on any atom is 0.193 e. The van der Waals surface area contributed by atoms with E-state index in [1.54, 1.807) is 12.1 Å². The van der Waals surface area contributed by atoms with E-state index < -0.39 is 17.4 Å². The summed E-state index contributed by atoms with van der Waals surface area (Å²) in [5.74, 6) is -2.18. The first-order valence-corrected chi connectivity index (χ1v) is 7.59. The second-order valence-corrected chi connectivity index (χ2v) is 6.27. The lowest BCUT2D eigenvalue weighted by atomic mass is 9.89. The normalized spacial score (nSPS) is 11.3. The lowest BCUT2D eigenvalue weighted by molar-refractivity contribution is 0.103. The van der Waals surface area contributed by atoms with Crippen LogP contribution in [0.5, 0.6) is 5.75 Å². The van der Waals surface area contributed by atoms with Crippen LogP contribution in [0.2, 0.25) is 0 Å². The Balaban J connectivity index is 2.57. The van der Waals surface area contributed by atoms with Crippen LogP contribution in [0.3, 0.4) is 0 Å². The van der Waals surface area contributed by atoms with E-state index in [0.717, 1.165) is 12.1 Å². The third-order valence-electron chi connectivity index (χ3n) is 3.86. The molecule has 0 fully saturated rings. The summed E-state index contributed by atoms with van der Waals surface area (Å²) in [6.45, 7) is 7.69. The smallest absolute Gasteiger partial charge is 0.193 e. The van der Waals surface area contributed by atoms with Crippen molar-refractivity contribution in [3.8, 4) is 5.75 Å². The van der Waals surface area contributed by atoms with Crippen LogP contribution in [0.25, 0.3) is 0 Å². The molecular weight excluding hydrogens is 298 g/mol. The zero-order valence-electron chi connectivity index (χ0n) is 13.7. The number of hydrogen-bond acceptors (Lipinski definition) is 2. The maximum atomic E-state index is 13.4. The molecule has 0 atom stereocenters. The Morgan fingerprint density at radius 3 is 1.83 bits per heavy atom. The Morgan fingerprint density at radius 2 is 1.39 bits per heavy atom. The summed E-state index contributed by atoms with van der Waals surface area (Å²) < 4.78 is 26.4. The Bertz CT molecular complexity index is 720. The van der Waals surface area contributed by atoms with E-state index in [1.165, 1.54) is 6.07 Å². The minimum Gasteiger partial charge on any atom is -0.507 e. The Hall–Kier alpha value is -2.23. The predicted molar refractivity (Wildman–Crippen MR) is 86.1 cm³/mol. The molecule has 0 aliphatic heterocycles. The van der Waals surface area contributed by atoms with E-state index in [9.17, 15) is 18.7 Å². The first-order chi connectivity index (χ1) is 10.7. The van der Waals surface area contributed by atoms with Crippen molar-refractivity contribution in [3.63, 3.8) is 0 Å². The summed E-state index contributed by atoms with van der Waals surface area (Å²) in [5, 5.41) is 10.4. The highest BCUT2D eigenvalue weighted by molar-refractivity contribution is 6.09. The van der Waals surface area contributed by atoms with Crippen LogP contribution in [0, 0.1) is 11.6 Å². The molecule has 122 valence electrons. The zero-order valence-corrected chi connectivity index (χ0v) is 13.7. The fraction of sp³-hybridized carbons (Fsp3) is 0.316. The van der Waals surface area contributed by atoms with Crippen LogP contribution < -0.4 is 0 Å². The summed E-state index contributed by atoms with van der Waals surface area (Å²) in [7, 11) is 0. The minimum atomic E-state index is -1.05. The standard InChI is InChI=1S/C19H20F2O2/c1-10(2)14-7-13(8-15(11(3)4)19(14)23)18(22)12-5-6-16(20)17(21)9-12/h5-11,23H,1-4H3. The van der Waals surface area contributed by atoms with E-state index in [-0.39, 0.29) is 23.1 Å². The molecule has 0 heterocycles. The third-order valence-corrected chi connectivity index (χ3v) is 3.86. The molecule has 0 aliphatic rings. The Morgan fingerprint density at radius 1 is 0.870 bits per heavy atom. The first kappa shape index (κ1) is 17.1. The average Bonchev–Trinajstić information content (AvgIpc) is 2.49. The molecular formula is C19H20F2O2. The van der Waals surface area contributed by atoms with Gasteiger partial charge in [0.1, 0.15) is 5.75 Å². The van der Waals surface area contributed by atoms with Crippen LogP contribution in [0.1, 0.15) is 66.6 Å². The van der Waals surface area contributed by atoms with E-state index in [1.807, 2.05) is 27.7 Å². The van der Waals surface area contributed by atoms with Gasteiger partial charge in [-0.3, -0.25) is 4.79 Å². The zero-order chi connectivity index (χ0) is 17.3. The fourth-order valence-electron chi connectivity index (χ4n) is 2.50. The number of phenolic OH excluding ortho intramolecular Hbond substituents is 1. The molecule has 0 radical (unpaired) electrons. The molecule has 2 nitrogen and oxygen atoms in total. The molecule has 0 unspecified atom stereocenters. The first-order valence-electron chi connectivity index (χ1n) is 7.59. The van der Waals surface area contributed by atoms with Crippen LogP contribution in [-0.2, 0) is 0 Å². The van der Waals surface area contributed by atoms with Gasteiger partial charge in [-0.2, -0.15) is 0 Å². The molecule has 2 aromatic rings. The van der Waals surface area contributed by atoms with Gasteiger partial charge in [0.15, 0.2) is 17.4 Å². The van der Waals surface area contributed by atoms with Crippen molar-refractivity contribution in [2.24, 2.45) is 0 Å². The maximum absolute atomic E-state index is 13.4. The second-order valence-electron chi connectivity index (χ2n) is 6.27. The molecule has 0 aliphatic carbocycles. The number of phenols is 1. The van der Waals surface area contributed by atoms with Crippen molar-refractivity contribution in [1.29, 1.82) is 0 Å². The topological polar surface area (TPSA) is 37.3 Å². The summed E-state index contributed by atoms with van der Waals surface area (Å²) >= 11 is 0. The molecule has 23 heavy (non-hydrogen) atoms. The fourth-order valence-corrected chi connectivity index (χ4v) is 2.50. The van der Waals surface area contributed by atoms with E-state index in [2.05, 4.69) is 0 Å². The number of carbonyl (C=O) groups is 1. The Kier molecular flexibility index (Phi) is 4.83. The van der Waals surface area contributed by atoms with E-state index in [0.29, 0.717) is 16.7 Å². The highest BCUT2D eigenvalue weighted by Crippen LogP contribution is 2.35. The number of benzene rings is 2. The highest BCUT2D eigenvalue weighted by atomic mass is 19.2. The van der Waals surface area contributed by atoms with Crippen LogP contribution in [0.4, 0.5) is 8.78 Å². The molecule has 0 bridgehead atoms. The molecule has 1 N–H and O–H groups in total. The minimum absolute atomic E-state index is 0.0326. The largest absolute Gasteiger partial charge is 0.507 e. The molecule has 0 amide bonds. The van der Waals surface area contributed by atoms with Gasteiger partial charge in [-0.05, 0) is 53.3 Å². The van der Waals surface area contributed by atoms with Crippen LogP contribution >= 0.6 is 0 Å². The molecule has 2 rings (SSSR count). The highest BCUT2D eigenvalue weighted by Gasteiger charge is 2.19. The Labute approximate surface area is 134 Å². The van der Waals surface area contributed by atoms with Crippen LogP contribution in [0.15, 0.2) is 30.3 Å². The molecule has 0 saturated carbocycles. The predicted octanol–water partition coefficient (Wildman–Crippen LogP) is 5.15. The summed E-state index contributed by atoms with van der Waals surface area (Å²) in [5.41, 5.74) is 1.78. The van der Waals surface area contributed by atoms with Gasteiger partial charge in [0, 0.05) is 11.1 Å². The van der Waals surface area contributed by atoms with Gasteiger partial charge < -0.3 is 5.11 Å². The van der Waals surface area contributed by atoms with E-state index >= 15 is 0 Å². The van der Waals surface area contributed by atoms with Gasteiger partial charge in [0.2, 0.25) is 0 Å². The summed E-state index contributed by atoms with van der Waals surface area (Å²) in [6, 6.07) is 6.34. The van der Waals surface area contributed by atoms with Crippen molar-refractivity contribution in [2.75, 3.05) is 0 Å². The number of hydrogen-bond donors (Lipinski definition) is 1. The molecule has 0 spiro atoms. The molecule has 0 saturated heterocycles.